The van der Waals surface area contributed by atoms with Crippen molar-refractivity contribution in [2.45, 2.75) is 64.1 Å². The lowest BCUT2D eigenvalue weighted by atomic mass is 10.1. The average Bonchev–Trinajstić information content (AvgIpc) is 3.16. The van der Waals surface area contributed by atoms with E-state index in [0.717, 1.165) is 0 Å². The van der Waals surface area contributed by atoms with Gasteiger partial charge in [0.05, 0.1) is 12.7 Å². The molecule has 3 rings (SSSR count). The van der Waals surface area contributed by atoms with Gasteiger partial charge in [0, 0.05) is 5.66 Å². The van der Waals surface area contributed by atoms with Gasteiger partial charge >= 0.3 is 0 Å². The molecule has 156 valence electrons. The fourth-order valence-corrected chi connectivity index (χ4v) is 3.83. The minimum absolute atomic E-state index is 0.0659. The van der Waals surface area contributed by atoms with Crippen LogP contribution < -0.4 is 5.73 Å². The van der Waals surface area contributed by atoms with Crippen LogP contribution in [-0.2, 0) is 25.8 Å². The molecule has 2 aromatic rings. The molecule has 0 radical (unpaired) electrons. The molecule has 0 spiro atoms. The summed E-state index contributed by atoms with van der Waals surface area (Å²) >= 11 is 5.19. The van der Waals surface area contributed by atoms with E-state index in [-0.39, 0.29) is 35.4 Å². The lowest BCUT2D eigenvalue weighted by Gasteiger charge is -2.27. The summed E-state index contributed by atoms with van der Waals surface area (Å²) in [5.41, 5.74) is 5.91. The van der Waals surface area contributed by atoms with E-state index in [9.17, 15) is 4.89 Å². The van der Waals surface area contributed by atoms with E-state index in [2.05, 4.69) is 20.3 Å². The van der Waals surface area contributed by atoms with Crippen LogP contribution in [0.5, 0.6) is 0 Å². The predicted octanol–water partition coefficient (Wildman–Crippen LogP) is 1.56. The Morgan fingerprint density at radius 1 is 1.39 bits per heavy atom. The highest BCUT2D eigenvalue weighted by Gasteiger charge is 2.50. The fraction of sp³-hybridized carbons (Fsp3) is 0.733. The quantitative estimate of drug-likeness (QED) is 0.619. The smallest absolute Gasteiger partial charge is 0.189 e. The molecule has 10 nitrogen and oxygen atoms in total. The summed E-state index contributed by atoms with van der Waals surface area (Å²) in [7, 11) is 0. The second-order valence-electron chi connectivity index (χ2n) is 7.08. The summed E-state index contributed by atoms with van der Waals surface area (Å²) in [6, 6.07) is 0. The molecule has 0 saturated carbocycles. The number of ether oxygens (including phenoxy) is 2. The van der Waals surface area contributed by atoms with E-state index in [0.29, 0.717) is 0 Å². The highest BCUT2D eigenvalue weighted by Crippen LogP contribution is 2.52. The van der Waals surface area contributed by atoms with Crippen molar-refractivity contribution in [2.75, 3.05) is 12.3 Å². The predicted molar refractivity (Wildman–Crippen MR) is 104 cm³/mol. The van der Waals surface area contributed by atoms with Gasteiger partial charge in [-0.05, 0) is 25.7 Å². The second-order valence-corrected chi connectivity index (χ2v) is 11.0. The first-order valence-electron chi connectivity index (χ1n) is 8.85. The first-order valence-corrected chi connectivity index (χ1v) is 11.6. The van der Waals surface area contributed by atoms with Crippen LogP contribution in [-0.4, -0.2) is 66.6 Å². The number of alkyl halides is 1. The molecule has 3 N–H and O–H groups in total. The van der Waals surface area contributed by atoms with Crippen molar-refractivity contribution in [3.8, 4) is 0 Å². The van der Waals surface area contributed by atoms with Gasteiger partial charge in [0.25, 0.3) is 0 Å². The van der Waals surface area contributed by atoms with Gasteiger partial charge in [-0.1, -0.05) is 19.1 Å². The van der Waals surface area contributed by atoms with Gasteiger partial charge in [-0.2, -0.15) is 4.68 Å². The van der Waals surface area contributed by atoms with Crippen LogP contribution in [0.2, 0.25) is 0 Å². The molecular formula is C15H24FN6O4PS. The summed E-state index contributed by atoms with van der Waals surface area (Å²) in [6.45, 7) is 4.00. The number of nitrogen functional groups attached to an aromatic ring is 1. The van der Waals surface area contributed by atoms with E-state index in [1.54, 1.807) is 13.8 Å². The van der Waals surface area contributed by atoms with Crippen molar-refractivity contribution >= 4 is 35.3 Å². The van der Waals surface area contributed by atoms with Gasteiger partial charge in [-0.25, -0.2) is 14.4 Å². The Bertz CT molecular complexity index is 883. The van der Waals surface area contributed by atoms with Gasteiger partial charge in [0.1, 0.15) is 18.5 Å². The third-order valence-corrected chi connectivity index (χ3v) is 7.69. The maximum Gasteiger partial charge on any atom is 0.189 e. The Morgan fingerprint density at radius 2 is 2.11 bits per heavy atom. The summed E-state index contributed by atoms with van der Waals surface area (Å²) in [4.78, 5) is 18.4. The molecule has 1 aliphatic rings. The maximum atomic E-state index is 15.4. The van der Waals surface area contributed by atoms with Crippen molar-refractivity contribution in [2.24, 2.45) is 0 Å². The van der Waals surface area contributed by atoms with Crippen molar-refractivity contribution in [3.63, 3.8) is 0 Å². The summed E-state index contributed by atoms with van der Waals surface area (Å²) < 4.78 is 33.7. The molecule has 1 saturated heterocycles. The molecule has 0 aromatic carbocycles. The highest BCUT2D eigenvalue weighted by atomic mass is 32.5. The topological polar surface area (TPSA) is 130 Å². The van der Waals surface area contributed by atoms with Crippen LogP contribution >= 0.6 is 6.49 Å². The number of anilines is 1. The van der Waals surface area contributed by atoms with E-state index in [1.807, 2.05) is 13.8 Å². The molecule has 0 aliphatic carbocycles. The van der Waals surface area contributed by atoms with Gasteiger partial charge in [0.2, 0.25) is 0 Å². The average molecular weight is 434 g/mol. The van der Waals surface area contributed by atoms with Crippen molar-refractivity contribution in [1.82, 2.24) is 25.0 Å². The number of fused-ring (bicyclic) bond motifs is 1. The minimum atomic E-state index is -3.23. The van der Waals surface area contributed by atoms with Crippen LogP contribution in [0.3, 0.4) is 0 Å². The van der Waals surface area contributed by atoms with Gasteiger partial charge in [0.15, 0.2) is 35.9 Å². The fourth-order valence-electron chi connectivity index (χ4n) is 2.69. The van der Waals surface area contributed by atoms with Crippen LogP contribution in [0.4, 0.5) is 10.2 Å². The van der Waals surface area contributed by atoms with Crippen LogP contribution in [0.25, 0.3) is 11.2 Å². The van der Waals surface area contributed by atoms with Crippen LogP contribution in [0, 0.1) is 0 Å². The summed E-state index contributed by atoms with van der Waals surface area (Å²) in [5.74, 6) is 0.128. The molecule has 3 heterocycles. The molecule has 2 aromatic heterocycles. The molecule has 5 atom stereocenters. The molecule has 28 heavy (non-hydrogen) atoms. The first kappa shape index (κ1) is 21.4. The zero-order chi connectivity index (χ0) is 20.6. The lowest BCUT2D eigenvalue weighted by Crippen LogP contribution is -2.35. The minimum Gasteiger partial charge on any atom is -0.382 e. The third kappa shape index (κ3) is 4.17. The summed E-state index contributed by atoms with van der Waals surface area (Å²) in [6.07, 6.45) is -3.65. The highest BCUT2D eigenvalue weighted by molar-refractivity contribution is 8.09. The monoisotopic (exact) mass is 434 g/mol. The number of hydrogen-bond acceptors (Lipinski definition) is 9. The number of rotatable bonds is 7. The molecule has 0 amide bonds. The normalized spacial score (nSPS) is 27.7. The summed E-state index contributed by atoms with van der Waals surface area (Å²) in [5, 5.41) is 7.83. The standard InChI is InChI=1S/C15H24FN6O4PS/c1-7(2)24-5-9-12(26-27(23,28)8(3)4)10(16)15(25-9)22-14-11(20-21-22)13(17)18-6-19-14/h6-10,12,15H,5H2,1-4H3,(H,23,28)(H2,17,18,19)/t9-,10-,12-,15-,27?/m1/s1. The SMILES string of the molecule is CC(C)OC[C@H]1O[C@@H](n2nnc3c(N)ncnc32)[C@H](F)[C@@H]1OP(O)(=S)C(C)C. The number of halogens is 1. The Morgan fingerprint density at radius 3 is 2.75 bits per heavy atom. The second kappa shape index (κ2) is 8.21. The third-order valence-electron chi connectivity index (χ3n) is 4.32. The number of hydrogen-bond donors (Lipinski definition) is 2. The zero-order valence-electron chi connectivity index (χ0n) is 16.0. The van der Waals surface area contributed by atoms with Crippen molar-refractivity contribution in [1.29, 1.82) is 0 Å². The Labute approximate surface area is 166 Å². The van der Waals surface area contributed by atoms with Crippen molar-refractivity contribution < 1.29 is 23.3 Å². The zero-order valence-corrected chi connectivity index (χ0v) is 17.7. The first-order chi connectivity index (χ1) is 13.1. The Hall–Kier alpha value is -1.30. The molecule has 1 aliphatic heterocycles. The largest absolute Gasteiger partial charge is 0.382 e. The molecular weight excluding hydrogens is 410 g/mol. The van der Waals surface area contributed by atoms with Crippen LogP contribution in [0.15, 0.2) is 6.33 Å². The molecule has 1 fully saturated rings. The van der Waals surface area contributed by atoms with Gasteiger partial charge in [-0.15, -0.1) is 5.10 Å². The van der Waals surface area contributed by atoms with Gasteiger partial charge < -0.3 is 24.6 Å². The molecule has 13 heteroatoms. The molecule has 1 unspecified atom stereocenters. The van der Waals surface area contributed by atoms with E-state index >= 15 is 4.39 Å². The maximum absolute atomic E-state index is 15.4. The Kier molecular flexibility index (Phi) is 6.28. The van der Waals surface area contributed by atoms with E-state index < -0.39 is 31.1 Å². The van der Waals surface area contributed by atoms with Crippen LogP contribution in [0.1, 0.15) is 33.9 Å². The van der Waals surface area contributed by atoms with E-state index in [1.165, 1.54) is 11.0 Å². The van der Waals surface area contributed by atoms with Crippen molar-refractivity contribution in [3.05, 3.63) is 6.33 Å². The lowest BCUT2D eigenvalue weighted by molar-refractivity contribution is -0.0749. The number of nitrogens with two attached hydrogens (primary N) is 1. The number of aromatic nitrogens is 5. The van der Waals surface area contributed by atoms with E-state index in [4.69, 9.17) is 31.5 Å². The van der Waals surface area contributed by atoms with Gasteiger partial charge in [-0.3, -0.25) is 0 Å². The number of nitrogens with zero attached hydrogens (tertiary/aromatic N) is 5. The Balaban J connectivity index is 1.92. The molecule has 0 bridgehead atoms.